The van der Waals surface area contributed by atoms with E-state index in [1.807, 2.05) is 30.3 Å². The molecular formula is C18H20FNO2. The molecule has 116 valence electrons. The maximum absolute atomic E-state index is 14.1. The third-order valence-corrected chi connectivity index (χ3v) is 3.50. The molecule has 0 saturated heterocycles. The quantitative estimate of drug-likeness (QED) is 0.798. The molecule has 1 amide bonds. The third-order valence-electron chi connectivity index (χ3n) is 3.50. The van der Waals surface area contributed by atoms with E-state index < -0.39 is 0 Å². The number of amides is 1. The molecule has 0 aliphatic heterocycles. The van der Waals surface area contributed by atoms with Crippen LogP contribution in [0.4, 0.5) is 4.39 Å². The van der Waals surface area contributed by atoms with Crippen molar-refractivity contribution in [2.24, 2.45) is 0 Å². The number of halogens is 1. The fourth-order valence-corrected chi connectivity index (χ4v) is 2.40. The highest BCUT2D eigenvalue weighted by molar-refractivity contribution is 5.77. The molecule has 0 spiro atoms. The Balaban J connectivity index is 2.20. The highest BCUT2D eigenvalue weighted by Gasteiger charge is 2.20. The summed E-state index contributed by atoms with van der Waals surface area (Å²) in [5, 5.41) is 2.79. The summed E-state index contributed by atoms with van der Waals surface area (Å²) in [5.74, 6) is -0.708. The lowest BCUT2D eigenvalue weighted by molar-refractivity contribution is -0.121. The predicted molar refractivity (Wildman–Crippen MR) is 84.2 cm³/mol. The van der Waals surface area contributed by atoms with Gasteiger partial charge in [0.05, 0.1) is 6.61 Å². The topological polar surface area (TPSA) is 38.3 Å². The Hall–Kier alpha value is -2.20. The normalized spacial score (nSPS) is 11.9. The molecule has 0 bridgehead atoms. The molecule has 2 aromatic rings. The number of hydrogen-bond donors (Lipinski definition) is 1. The summed E-state index contributed by atoms with van der Waals surface area (Å²) in [6.07, 6.45) is 0.203. The van der Waals surface area contributed by atoms with Crippen LogP contribution in [0.25, 0.3) is 0 Å². The Morgan fingerprint density at radius 1 is 1.14 bits per heavy atom. The van der Waals surface area contributed by atoms with Crippen molar-refractivity contribution in [2.75, 3.05) is 20.3 Å². The number of rotatable bonds is 7. The van der Waals surface area contributed by atoms with E-state index in [4.69, 9.17) is 4.74 Å². The van der Waals surface area contributed by atoms with Gasteiger partial charge in [-0.25, -0.2) is 4.39 Å². The summed E-state index contributed by atoms with van der Waals surface area (Å²) in [5.41, 5.74) is 1.46. The number of methoxy groups -OCH3 is 1. The maximum Gasteiger partial charge on any atom is 0.221 e. The zero-order valence-corrected chi connectivity index (χ0v) is 12.6. The van der Waals surface area contributed by atoms with Crippen molar-refractivity contribution in [3.63, 3.8) is 0 Å². The molecule has 0 saturated carbocycles. The van der Waals surface area contributed by atoms with Gasteiger partial charge in [-0.05, 0) is 17.2 Å². The van der Waals surface area contributed by atoms with Crippen LogP contribution in [0, 0.1) is 5.82 Å². The van der Waals surface area contributed by atoms with E-state index >= 15 is 0 Å². The fourth-order valence-electron chi connectivity index (χ4n) is 2.40. The minimum absolute atomic E-state index is 0.117. The first kappa shape index (κ1) is 16.2. The molecule has 3 nitrogen and oxygen atoms in total. The lowest BCUT2D eigenvalue weighted by Crippen LogP contribution is -2.28. The number of benzene rings is 2. The first-order valence-electron chi connectivity index (χ1n) is 7.27. The van der Waals surface area contributed by atoms with Crippen LogP contribution in [0.1, 0.15) is 23.5 Å². The molecular weight excluding hydrogens is 281 g/mol. The first-order valence-corrected chi connectivity index (χ1v) is 7.27. The number of carbonyl (C=O) groups is 1. The number of carbonyl (C=O) groups excluding carboxylic acids is 1. The first-order chi connectivity index (χ1) is 10.7. The molecule has 0 aromatic heterocycles. The standard InChI is InChI=1S/C18H20FNO2/c1-22-12-11-20-18(21)13-16(14-7-3-2-4-8-14)15-9-5-6-10-17(15)19/h2-10,16H,11-13H2,1H3,(H,20,21)/t16-/m1/s1. The van der Waals surface area contributed by atoms with Gasteiger partial charge in [-0.15, -0.1) is 0 Å². The van der Waals surface area contributed by atoms with Gasteiger partial charge in [-0.1, -0.05) is 48.5 Å². The van der Waals surface area contributed by atoms with Gasteiger partial charge in [-0.3, -0.25) is 4.79 Å². The summed E-state index contributed by atoms with van der Waals surface area (Å²) >= 11 is 0. The number of nitrogens with one attached hydrogen (secondary N) is 1. The van der Waals surface area contributed by atoms with Crippen LogP contribution in [-0.4, -0.2) is 26.2 Å². The molecule has 0 unspecified atom stereocenters. The monoisotopic (exact) mass is 301 g/mol. The Labute approximate surface area is 130 Å². The van der Waals surface area contributed by atoms with Crippen LogP contribution in [0.2, 0.25) is 0 Å². The molecule has 0 fully saturated rings. The lowest BCUT2D eigenvalue weighted by atomic mass is 9.88. The summed E-state index contributed by atoms with van der Waals surface area (Å²) in [4.78, 5) is 12.1. The van der Waals surface area contributed by atoms with Gasteiger partial charge < -0.3 is 10.1 Å². The molecule has 1 atom stereocenters. The smallest absolute Gasteiger partial charge is 0.221 e. The van der Waals surface area contributed by atoms with Gasteiger partial charge >= 0.3 is 0 Å². The Morgan fingerprint density at radius 3 is 2.50 bits per heavy atom. The zero-order chi connectivity index (χ0) is 15.8. The molecule has 2 rings (SSSR count). The maximum atomic E-state index is 14.1. The van der Waals surface area contributed by atoms with E-state index in [-0.39, 0.29) is 24.1 Å². The van der Waals surface area contributed by atoms with Gasteiger partial charge in [0, 0.05) is 26.0 Å². The Bertz CT molecular complexity index is 601. The minimum Gasteiger partial charge on any atom is -0.383 e. The van der Waals surface area contributed by atoms with Crippen LogP contribution in [0.15, 0.2) is 54.6 Å². The zero-order valence-electron chi connectivity index (χ0n) is 12.6. The van der Waals surface area contributed by atoms with Gasteiger partial charge in [-0.2, -0.15) is 0 Å². The van der Waals surface area contributed by atoms with Gasteiger partial charge in [0.15, 0.2) is 0 Å². The average molecular weight is 301 g/mol. The van der Waals surface area contributed by atoms with Crippen LogP contribution < -0.4 is 5.32 Å². The molecule has 0 heterocycles. The van der Waals surface area contributed by atoms with Crippen LogP contribution in [-0.2, 0) is 9.53 Å². The van der Waals surface area contributed by atoms with Crippen LogP contribution in [0.5, 0.6) is 0 Å². The summed E-state index contributed by atoms with van der Waals surface area (Å²) in [6, 6.07) is 16.1. The third kappa shape index (κ3) is 4.40. The highest BCUT2D eigenvalue weighted by Crippen LogP contribution is 2.29. The van der Waals surface area contributed by atoms with Crippen LogP contribution in [0.3, 0.4) is 0 Å². The summed E-state index contributed by atoms with van der Waals surface area (Å²) in [6.45, 7) is 0.912. The van der Waals surface area contributed by atoms with Crippen molar-refractivity contribution in [1.82, 2.24) is 5.32 Å². The van der Waals surface area contributed by atoms with E-state index in [1.54, 1.807) is 25.3 Å². The minimum atomic E-state index is -0.301. The van der Waals surface area contributed by atoms with E-state index in [0.717, 1.165) is 5.56 Å². The van der Waals surface area contributed by atoms with Crippen molar-refractivity contribution in [1.29, 1.82) is 0 Å². The molecule has 4 heteroatoms. The van der Waals surface area contributed by atoms with Crippen molar-refractivity contribution < 1.29 is 13.9 Å². The highest BCUT2D eigenvalue weighted by atomic mass is 19.1. The van der Waals surface area contributed by atoms with Gasteiger partial charge in [0.2, 0.25) is 5.91 Å². The van der Waals surface area contributed by atoms with E-state index in [0.29, 0.717) is 18.7 Å². The number of hydrogen-bond acceptors (Lipinski definition) is 2. The molecule has 0 radical (unpaired) electrons. The fraction of sp³-hybridized carbons (Fsp3) is 0.278. The molecule has 1 N–H and O–H groups in total. The SMILES string of the molecule is COCCNC(=O)C[C@H](c1ccccc1)c1ccccc1F. The van der Waals surface area contributed by atoms with Crippen LogP contribution >= 0.6 is 0 Å². The average Bonchev–Trinajstić information content (AvgIpc) is 2.54. The van der Waals surface area contributed by atoms with Gasteiger partial charge in [0.1, 0.15) is 5.82 Å². The van der Waals surface area contributed by atoms with Crippen molar-refractivity contribution >= 4 is 5.91 Å². The summed E-state index contributed by atoms with van der Waals surface area (Å²) < 4.78 is 19.0. The molecule has 2 aromatic carbocycles. The Morgan fingerprint density at radius 2 is 1.82 bits per heavy atom. The van der Waals surface area contributed by atoms with E-state index in [2.05, 4.69) is 5.32 Å². The molecule has 22 heavy (non-hydrogen) atoms. The predicted octanol–water partition coefficient (Wildman–Crippen LogP) is 3.11. The van der Waals surface area contributed by atoms with Crippen molar-refractivity contribution in [3.8, 4) is 0 Å². The van der Waals surface area contributed by atoms with E-state index in [9.17, 15) is 9.18 Å². The van der Waals surface area contributed by atoms with Crippen molar-refractivity contribution in [2.45, 2.75) is 12.3 Å². The lowest BCUT2D eigenvalue weighted by Gasteiger charge is -2.18. The molecule has 0 aliphatic carbocycles. The van der Waals surface area contributed by atoms with Gasteiger partial charge in [0.25, 0.3) is 0 Å². The second-order valence-electron chi connectivity index (χ2n) is 5.03. The van der Waals surface area contributed by atoms with Crippen molar-refractivity contribution in [3.05, 3.63) is 71.5 Å². The largest absolute Gasteiger partial charge is 0.383 e. The molecule has 0 aliphatic rings. The second-order valence-corrected chi connectivity index (χ2v) is 5.03. The Kier molecular flexibility index (Phi) is 6.10. The van der Waals surface area contributed by atoms with E-state index in [1.165, 1.54) is 6.07 Å². The second kappa shape index (κ2) is 8.29. The summed E-state index contributed by atoms with van der Waals surface area (Å²) in [7, 11) is 1.58. The number of ether oxygens (including phenoxy) is 1.